The summed E-state index contributed by atoms with van der Waals surface area (Å²) in [5.74, 6) is -0.149. The van der Waals surface area contributed by atoms with Crippen molar-refractivity contribution >= 4 is 17.7 Å². The minimum Gasteiger partial charge on any atom is -0.493 e. The average Bonchev–Trinajstić information content (AvgIpc) is 3.08. The van der Waals surface area contributed by atoms with Gasteiger partial charge in [0.05, 0.1) is 7.11 Å². The molecular formula is C20H19F2NO3. The number of ether oxygens (including phenoxy) is 2. The van der Waals surface area contributed by atoms with E-state index in [4.69, 9.17) is 4.74 Å². The fourth-order valence-electron chi connectivity index (χ4n) is 2.99. The number of halogens is 2. The third-order valence-corrected chi connectivity index (χ3v) is 4.20. The Morgan fingerprint density at radius 2 is 1.92 bits per heavy atom. The first-order chi connectivity index (χ1) is 12.5. The molecule has 0 atom stereocenters. The van der Waals surface area contributed by atoms with E-state index < -0.39 is 6.61 Å². The molecule has 1 amide bonds. The van der Waals surface area contributed by atoms with Crippen LogP contribution in [0.25, 0.3) is 6.08 Å². The van der Waals surface area contributed by atoms with Crippen molar-refractivity contribution in [1.82, 2.24) is 0 Å². The second kappa shape index (κ2) is 7.99. The molecule has 26 heavy (non-hydrogen) atoms. The number of anilines is 1. The quantitative estimate of drug-likeness (QED) is 0.776. The van der Waals surface area contributed by atoms with Gasteiger partial charge < -0.3 is 14.8 Å². The molecule has 3 rings (SSSR count). The van der Waals surface area contributed by atoms with Gasteiger partial charge in [0.25, 0.3) is 0 Å². The van der Waals surface area contributed by atoms with E-state index in [1.54, 1.807) is 12.1 Å². The number of nitrogens with one attached hydrogen (secondary N) is 1. The summed E-state index contributed by atoms with van der Waals surface area (Å²) < 4.78 is 34.1. The third-order valence-electron chi connectivity index (χ3n) is 4.20. The number of hydrogen-bond donors (Lipinski definition) is 1. The summed E-state index contributed by atoms with van der Waals surface area (Å²) in [6.45, 7) is -2.93. The fraction of sp³-hybridized carbons (Fsp3) is 0.250. The zero-order valence-corrected chi connectivity index (χ0v) is 14.3. The zero-order chi connectivity index (χ0) is 18.5. The fourth-order valence-corrected chi connectivity index (χ4v) is 2.99. The molecule has 0 unspecified atom stereocenters. The normalized spacial score (nSPS) is 13.1. The van der Waals surface area contributed by atoms with Gasteiger partial charge in [-0.05, 0) is 66.3 Å². The summed E-state index contributed by atoms with van der Waals surface area (Å²) in [5.41, 5.74) is 4.02. The number of benzene rings is 2. The highest BCUT2D eigenvalue weighted by atomic mass is 19.3. The molecule has 2 aromatic rings. The van der Waals surface area contributed by atoms with Crippen LogP contribution in [0.2, 0.25) is 0 Å². The number of rotatable bonds is 6. The van der Waals surface area contributed by atoms with Crippen molar-refractivity contribution in [3.8, 4) is 11.5 Å². The van der Waals surface area contributed by atoms with Crippen molar-refractivity contribution in [2.45, 2.75) is 25.9 Å². The van der Waals surface area contributed by atoms with Crippen molar-refractivity contribution in [3.63, 3.8) is 0 Å². The third kappa shape index (κ3) is 4.39. The van der Waals surface area contributed by atoms with Crippen molar-refractivity contribution in [2.75, 3.05) is 12.4 Å². The second-order valence-electron chi connectivity index (χ2n) is 5.95. The molecular weight excluding hydrogens is 340 g/mol. The first kappa shape index (κ1) is 17.9. The van der Waals surface area contributed by atoms with Crippen LogP contribution < -0.4 is 14.8 Å². The molecule has 0 saturated heterocycles. The monoisotopic (exact) mass is 359 g/mol. The minimum atomic E-state index is -2.93. The van der Waals surface area contributed by atoms with Crippen molar-refractivity contribution in [3.05, 3.63) is 59.2 Å². The highest BCUT2D eigenvalue weighted by Crippen LogP contribution is 2.30. The van der Waals surface area contributed by atoms with Crippen LogP contribution in [0, 0.1) is 0 Å². The first-order valence-corrected chi connectivity index (χ1v) is 8.29. The van der Waals surface area contributed by atoms with Gasteiger partial charge in [-0.2, -0.15) is 8.78 Å². The average molecular weight is 359 g/mol. The molecule has 0 radical (unpaired) electrons. The van der Waals surface area contributed by atoms with Crippen LogP contribution in [0.5, 0.6) is 11.5 Å². The van der Waals surface area contributed by atoms with Gasteiger partial charge >= 0.3 is 6.61 Å². The Labute approximate surface area is 150 Å². The van der Waals surface area contributed by atoms with Crippen molar-refractivity contribution in [1.29, 1.82) is 0 Å². The number of carbonyl (C=O) groups is 1. The Bertz CT molecular complexity index is 834. The van der Waals surface area contributed by atoms with Gasteiger partial charge in [0.15, 0.2) is 11.5 Å². The van der Waals surface area contributed by atoms with Crippen LogP contribution in [0.1, 0.15) is 23.1 Å². The van der Waals surface area contributed by atoms with E-state index in [1.807, 2.05) is 18.2 Å². The predicted molar refractivity (Wildman–Crippen MR) is 95.8 cm³/mol. The summed E-state index contributed by atoms with van der Waals surface area (Å²) in [4.78, 5) is 12.1. The van der Waals surface area contributed by atoms with Crippen LogP contribution >= 0.6 is 0 Å². The molecule has 0 bridgehead atoms. The van der Waals surface area contributed by atoms with Crippen LogP contribution in [0.3, 0.4) is 0 Å². The Morgan fingerprint density at radius 3 is 2.69 bits per heavy atom. The predicted octanol–water partition coefficient (Wildman–Crippen LogP) is 4.44. The zero-order valence-electron chi connectivity index (χ0n) is 14.3. The molecule has 136 valence electrons. The van der Waals surface area contributed by atoms with Gasteiger partial charge in [0.2, 0.25) is 5.91 Å². The van der Waals surface area contributed by atoms with E-state index in [0.29, 0.717) is 5.56 Å². The van der Waals surface area contributed by atoms with Crippen molar-refractivity contribution in [2.24, 2.45) is 0 Å². The molecule has 1 aliphatic rings. The summed E-state index contributed by atoms with van der Waals surface area (Å²) in [7, 11) is 1.36. The summed E-state index contributed by atoms with van der Waals surface area (Å²) >= 11 is 0. The summed E-state index contributed by atoms with van der Waals surface area (Å²) in [6, 6.07) is 10.4. The minimum absolute atomic E-state index is 0.0535. The van der Waals surface area contributed by atoms with E-state index in [0.717, 1.165) is 24.9 Å². The number of fused-ring (bicyclic) bond motifs is 1. The van der Waals surface area contributed by atoms with E-state index in [2.05, 4.69) is 10.1 Å². The number of aryl methyl sites for hydroxylation is 2. The maximum absolute atomic E-state index is 12.3. The van der Waals surface area contributed by atoms with Gasteiger partial charge in [0, 0.05) is 11.8 Å². The molecule has 4 nitrogen and oxygen atoms in total. The molecule has 0 aromatic heterocycles. The number of carbonyl (C=O) groups excluding carboxylic acids is 1. The standard InChI is InChI=1S/C20H19F2NO3/c1-25-18-11-13(5-9-17(18)26-20(21)22)6-10-19(24)23-16-8-7-14-3-2-4-15(14)12-16/h5-12,20H,2-4H2,1H3,(H,23,24). The molecule has 0 heterocycles. The molecule has 0 spiro atoms. The smallest absolute Gasteiger partial charge is 0.387 e. The Hall–Kier alpha value is -2.89. The van der Waals surface area contributed by atoms with Gasteiger partial charge in [-0.15, -0.1) is 0 Å². The van der Waals surface area contributed by atoms with Crippen LogP contribution in [0.15, 0.2) is 42.5 Å². The van der Waals surface area contributed by atoms with E-state index >= 15 is 0 Å². The van der Waals surface area contributed by atoms with E-state index in [1.165, 1.54) is 36.4 Å². The lowest BCUT2D eigenvalue weighted by atomic mass is 10.1. The Morgan fingerprint density at radius 1 is 1.12 bits per heavy atom. The van der Waals surface area contributed by atoms with Gasteiger partial charge in [-0.1, -0.05) is 12.1 Å². The van der Waals surface area contributed by atoms with Crippen molar-refractivity contribution < 1.29 is 23.0 Å². The molecule has 2 aromatic carbocycles. The Kier molecular flexibility index (Phi) is 5.51. The first-order valence-electron chi connectivity index (χ1n) is 8.29. The maximum atomic E-state index is 12.3. The molecule has 6 heteroatoms. The maximum Gasteiger partial charge on any atom is 0.387 e. The highest BCUT2D eigenvalue weighted by molar-refractivity contribution is 6.02. The summed E-state index contributed by atoms with van der Waals surface area (Å²) in [6.07, 6.45) is 6.25. The number of methoxy groups -OCH3 is 1. The lowest BCUT2D eigenvalue weighted by Crippen LogP contribution is -2.08. The van der Waals surface area contributed by atoms with Gasteiger partial charge in [0.1, 0.15) is 0 Å². The highest BCUT2D eigenvalue weighted by Gasteiger charge is 2.12. The molecule has 0 fully saturated rings. The lowest BCUT2D eigenvalue weighted by Gasteiger charge is -2.10. The molecule has 1 aliphatic carbocycles. The van der Waals surface area contributed by atoms with Gasteiger partial charge in [-0.3, -0.25) is 4.79 Å². The second-order valence-corrected chi connectivity index (χ2v) is 5.95. The number of alkyl halides is 2. The number of amides is 1. The van der Waals surface area contributed by atoms with Crippen LogP contribution in [0.4, 0.5) is 14.5 Å². The topological polar surface area (TPSA) is 47.6 Å². The molecule has 0 aliphatic heterocycles. The van der Waals surface area contributed by atoms with Crippen LogP contribution in [-0.2, 0) is 17.6 Å². The SMILES string of the molecule is COc1cc(C=CC(=O)Nc2ccc3c(c2)CCC3)ccc1OC(F)F. The Balaban J connectivity index is 1.66. The molecule has 1 N–H and O–H groups in total. The molecule has 0 saturated carbocycles. The van der Waals surface area contributed by atoms with Gasteiger partial charge in [-0.25, -0.2) is 0 Å². The largest absolute Gasteiger partial charge is 0.493 e. The number of hydrogen-bond acceptors (Lipinski definition) is 3. The van der Waals surface area contributed by atoms with E-state index in [9.17, 15) is 13.6 Å². The summed E-state index contributed by atoms with van der Waals surface area (Å²) in [5, 5.41) is 2.83. The van der Waals surface area contributed by atoms with Crippen LogP contribution in [-0.4, -0.2) is 19.6 Å². The van der Waals surface area contributed by atoms with E-state index in [-0.39, 0.29) is 17.4 Å². The lowest BCUT2D eigenvalue weighted by molar-refractivity contribution is -0.111.